The average molecular weight is 454 g/mol. The van der Waals surface area contributed by atoms with Crippen LogP contribution in [-0.4, -0.2) is 19.3 Å². The predicted molar refractivity (Wildman–Crippen MR) is 119 cm³/mol. The fraction of sp³-hybridized carbons (Fsp3) is 0.455. The summed E-state index contributed by atoms with van der Waals surface area (Å²) in [6.07, 6.45) is 12.3. The summed E-state index contributed by atoms with van der Waals surface area (Å²) in [6, 6.07) is 6.97. The molecule has 0 saturated carbocycles. The Bertz CT molecular complexity index is 708. The number of sulfonamides is 1. The predicted octanol–water partition coefficient (Wildman–Crippen LogP) is 6.71. The molecular weight excluding hydrogens is 422 g/mol. The number of hydrogen-bond donors (Lipinski definition) is 0. The lowest BCUT2D eigenvalue weighted by Gasteiger charge is -2.25. The monoisotopic (exact) mass is 453 g/mol. The molecule has 1 aromatic carbocycles. The van der Waals surface area contributed by atoms with Crippen molar-refractivity contribution < 1.29 is 8.42 Å². The molecule has 0 aromatic heterocycles. The third-order valence-electron chi connectivity index (χ3n) is 4.44. The van der Waals surface area contributed by atoms with Gasteiger partial charge in [-0.15, -0.1) is 13.2 Å². The Morgan fingerprint density at radius 3 is 2.15 bits per heavy atom. The average Bonchev–Trinajstić information content (AvgIpc) is 2.66. The molecule has 0 aliphatic carbocycles. The van der Waals surface area contributed by atoms with E-state index in [-0.39, 0.29) is 6.54 Å². The van der Waals surface area contributed by atoms with Crippen molar-refractivity contribution in [3.8, 4) is 0 Å². The number of allylic oxidation sites excluding steroid dienone is 2. The van der Waals surface area contributed by atoms with Crippen LogP contribution in [-0.2, 0) is 10.0 Å². The zero-order chi connectivity index (χ0) is 20.1. The van der Waals surface area contributed by atoms with Crippen molar-refractivity contribution in [2.75, 3.05) is 6.54 Å². The van der Waals surface area contributed by atoms with Gasteiger partial charge < -0.3 is 0 Å². The van der Waals surface area contributed by atoms with Gasteiger partial charge in [0.05, 0.1) is 11.4 Å². The van der Waals surface area contributed by atoms with E-state index in [4.69, 9.17) is 0 Å². The molecule has 3 nitrogen and oxygen atoms in total. The maximum atomic E-state index is 13.1. The molecule has 1 aromatic rings. The number of halogens is 1. The maximum absolute atomic E-state index is 13.1. The minimum Gasteiger partial charge on any atom is -0.266 e. The van der Waals surface area contributed by atoms with E-state index >= 15 is 0 Å². The lowest BCUT2D eigenvalue weighted by Crippen LogP contribution is -2.30. The first-order valence-electron chi connectivity index (χ1n) is 9.57. The van der Waals surface area contributed by atoms with E-state index < -0.39 is 10.0 Å². The van der Waals surface area contributed by atoms with Crippen LogP contribution in [0.2, 0.25) is 0 Å². The van der Waals surface area contributed by atoms with Gasteiger partial charge in [0.15, 0.2) is 0 Å². The number of nitrogens with zero attached hydrogens (tertiary/aromatic N) is 1. The summed E-state index contributed by atoms with van der Waals surface area (Å²) in [4.78, 5) is 2.04. The van der Waals surface area contributed by atoms with Crippen molar-refractivity contribution in [3.63, 3.8) is 0 Å². The van der Waals surface area contributed by atoms with Crippen molar-refractivity contribution in [2.24, 2.45) is 0 Å². The lowest BCUT2D eigenvalue weighted by molar-refractivity contribution is 0.482. The summed E-state index contributed by atoms with van der Waals surface area (Å²) >= 11 is 3.36. The minimum absolute atomic E-state index is 0.259. The van der Waals surface area contributed by atoms with E-state index in [2.05, 4.69) is 29.1 Å². The van der Waals surface area contributed by atoms with Crippen LogP contribution < -0.4 is 0 Å². The Morgan fingerprint density at radius 2 is 1.59 bits per heavy atom. The fourth-order valence-corrected chi connectivity index (χ4v) is 4.96. The Balaban J connectivity index is 2.69. The standard InChI is InChI=1S/C22H32BrNO2S/c1-4-6-7-8-9-10-11-12-13-21(19-23)24(18-5-2)27(25,26)22-16-14-20(3)15-17-22/h4-5,14-17,19H,1-2,6-13,18H2,3H3/b21-19-. The zero-order valence-corrected chi connectivity index (χ0v) is 18.8. The second-order valence-electron chi connectivity index (χ2n) is 6.69. The van der Waals surface area contributed by atoms with Gasteiger partial charge in [-0.2, -0.15) is 0 Å². The third-order valence-corrected chi connectivity index (χ3v) is 6.80. The van der Waals surface area contributed by atoms with Crippen LogP contribution in [0.1, 0.15) is 56.9 Å². The highest BCUT2D eigenvalue weighted by Gasteiger charge is 2.25. The first kappa shape index (κ1) is 23.7. The van der Waals surface area contributed by atoms with E-state index in [1.807, 2.05) is 25.1 Å². The van der Waals surface area contributed by atoms with Crippen molar-refractivity contribution in [1.82, 2.24) is 4.31 Å². The molecule has 0 heterocycles. The van der Waals surface area contributed by atoms with Crippen LogP contribution in [0.25, 0.3) is 0 Å². The van der Waals surface area contributed by atoms with E-state index in [0.29, 0.717) is 4.90 Å². The van der Waals surface area contributed by atoms with Gasteiger partial charge in [0.1, 0.15) is 0 Å². The number of rotatable bonds is 14. The van der Waals surface area contributed by atoms with Crippen LogP contribution in [0, 0.1) is 6.92 Å². The molecule has 0 radical (unpaired) electrons. The van der Waals surface area contributed by atoms with Gasteiger partial charge >= 0.3 is 0 Å². The normalized spacial score (nSPS) is 12.0. The molecule has 0 aliphatic rings. The number of aryl methyl sites for hydroxylation is 1. The van der Waals surface area contributed by atoms with Crippen molar-refractivity contribution in [2.45, 2.75) is 63.2 Å². The fourth-order valence-electron chi connectivity index (χ4n) is 2.86. The molecule has 1 rings (SSSR count). The lowest BCUT2D eigenvalue weighted by atomic mass is 10.1. The first-order chi connectivity index (χ1) is 13.0. The summed E-state index contributed by atoms with van der Waals surface area (Å²) in [5.41, 5.74) is 1.80. The summed E-state index contributed by atoms with van der Waals surface area (Å²) in [5, 5.41) is 0. The second kappa shape index (κ2) is 12.9. The summed E-state index contributed by atoms with van der Waals surface area (Å²) in [5.74, 6) is 0. The summed E-state index contributed by atoms with van der Waals surface area (Å²) in [6.45, 7) is 9.67. The van der Waals surface area contributed by atoms with Crippen LogP contribution in [0.15, 0.2) is 65.2 Å². The molecule has 0 N–H and O–H groups in total. The molecule has 0 unspecified atom stereocenters. The van der Waals surface area contributed by atoms with Crippen LogP contribution in [0.3, 0.4) is 0 Å². The van der Waals surface area contributed by atoms with Crippen LogP contribution >= 0.6 is 15.9 Å². The van der Waals surface area contributed by atoms with Crippen LogP contribution in [0.4, 0.5) is 0 Å². The topological polar surface area (TPSA) is 37.4 Å². The van der Waals surface area contributed by atoms with Gasteiger partial charge in [-0.1, -0.05) is 71.5 Å². The summed E-state index contributed by atoms with van der Waals surface area (Å²) < 4.78 is 27.6. The molecule has 0 fully saturated rings. The number of benzene rings is 1. The Morgan fingerprint density at radius 1 is 1.00 bits per heavy atom. The molecular formula is C22H32BrNO2S. The van der Waals surface area contributed by atoms with E-state index in [1.54, 1.807) is 23.2 Å². The number of unbranched alkanes of at least 4 members (excludes halogenated alkanes) is 6. The Labute approximate surface area is 174 Å². The van der Waals surface area contributed by atoms with Crippen molar-refractivity contribution in [1.29, 1.82) is 0 Å². The summed E-state index contributed by atoms with van der Waals surface area (Å²) in [7, 11) is -3.59. The van der Waals surface area contributed by atoms with E-state index in [1.165, 1.54) is 30.0 Å². The molecule has 0 bridgehead atoms. The van der Waals surface area contributed by atoms with Gasteiger partial charge in [-0.3, -0.25) is 4.31 Å². The molecule has 0 spiro atoms. The molecule has 5 heteroatoms. The zero-order valence-electron chi connectivity index (χ0n) is 16.4. The minimum atomic E-state index is -3.59. The molecule has 27 heavy (non-hydrogen) atoms. The van der Waals surface area contributed by atoms with Crippen molar-refractivity contribution >= 4 is 26.0 Å². The highest BCUT2D eigenvalue weighted by atomic mass is 79.9. The smallest absolute Gasteiger partial charge is 0.264 e. The van der Waals surface area contributed by atoms with E-state index in [9.17, 15) is 8.42 Å². The molecule has 0 atom stereocenters. The quantitative estimate of drug-likeness (QED) is 0.231. The number of hydrogen-bond acceptors (Lipinski definition) is 2. The van der Waals surface area contributed by atoms with Crippen LogP contribution in [0.5, 0.6) is 0 Å². The molecule has 150 valence electrons. The first-order valence-corrected chi connectivity index (χ1v) is 11.9. The molecule has 0 saturated heterocycles. The Hall–Kier alpha value is -1.33. The molecule has 0 aliphatic heterocycles. The highest BCUT2D eigenvalue weighted by Crippen LogP contribution is 2.25. The van der Waals surface area contributed by atoms with E-state index in [0.717, 1.165) is 36.9 Å². The van der Waals surface area contributed by atoms with Gasteiger partial charge in [0, 0.05) is 10.7 Å². The van der Waals surface area contributed by atoms with Crippen molar-refractivity contribution in [3.05, 3.63) is 65.8 Å². The third kappa shape index (κ3) is 8.06. The van der Waals surface area contributed by atoms with Gasteiger partial charge in [-0.05, 0) is 44.7 Å². The largest absolute Gasteiger partial charge is 0.266 e. The SMILES string of the molecule is C=CCCCCCCCC/C(=C/Br)N(CC=C)S(=O)(=O)c1ccc(C)cc1. The highest BCUT2D eigenvalue weighted by molar-refractivity contribution is 9.11. The van der Waals surface area contributed by atoms with Gasteiger partial charge in [0.25, 0.3) is 10.0 Å². The van der Waals surface area contributed by atoms with Gasteiger partial charge in [0.2, 0.25) is 0 Å². The maximum Gasteiger partial charge on any atom is 0.264 e. The molecule has 0 amide bonds. The van der Waals surface area contributed by atoms with Gasteiger partial charge in [-0.25, -0.2) is 8.42 Å². The Kier molecular flexibility index (Phi) is 11.4. The second-order valence-corrected chi connectivity index (χ2v) is 9.01.